The Balaban J connectivity index is 1.78. The molecule has 0 spiro atoms. The molecule has 1 amide bonds. The van der Waals surface area contributed by atoms with Crippen molar-refractivity contribution in [1.29, 1.82) is 0 Å². The molecule has 7 heteroatoms. The maximum atomic E-state index is 13.0. The van der Waals surface area contributed by atoms with Crippen LogP contribution in [0.25, 0.3) is 0 Å². The molecular weight excluding hydrogens is 325 g/mol. The quantitative estimate of drug-likeness (QED) is 0.761. The summed E-state index contributed by atoms with van der Waals surface area (Å²) in [5.74, 6) is -0.278. The fourth-order valence-electron chi connectivity index (χ4n) is 1.72. The Morgan fingerprint density at radius 1 is 1.50 bits per heavy atom. The number of hydrogen-bond donors (Lipinski definition) is 2. The molecule has 2 N–H and O–H groups in total. The number of hydrogen-bond acceptors (Lipinski definition) is 5. The fraction of sp³-hybridized carbons (Fsp3) is 0.267. The minimum atomic E-state index is -0.870. The van der Waals surface area contributed by atoms with Gasteiger partial charge in [0, 0.05) is 17.5 Å². The van der Waals surface area contributed by atoms with E-state index in [2.05, 4.69) is 5.32 Å². The van der Waals surface area contributed by atoms with Gasteiger partial charge in [-0.15, -0.1) is 23.1 Å². The molecule has 1 atom stereocenters. The smallest absolute Gasteiger partial charge is 0.262 e. The average molecular weight is 341 g/mol. The summed E-state index contributed by atoms with van der Waals surface area (Å²) < 4.78 is 18.2. The van der Waals surface area contributed by atoms with Crippen molar-refractivity contribution < 1.29 is 19.0 Å². The van der Waals surface area contributed by atoms with Crippen LogP contribution in [0.4, 0.5) is 4.39 Å². The molecule has 2 rings (SSSR count). The zero-order valence-electron chi connectivity index (χ0n) is 11.9. The highest BCUT2D eigenvalue weighted by Gasteiger charge is 2.14. The Morgan fingerprint density at radius 3 is 3.05 bits per heavy atom. The van der Waals surface area contributed by atoms with Gasteiger partial charge in [0.25, 0.3) is 5.91 Å². The number of aliphatic hydroxyl groups excluding tert-OH is 1. The first-order chi connectivity index (χ1) is 10.6. The van der Waals surface area contributed by atoms with Crippen molar-refractivity contribution in [2.75, 3.05) is 19.4 Å². The summed E-state index contributed by atoms with van der Waals surface area (Å²) in [5, 5.41) is 14.3. The highest BCUT2D eigenvalue weighted by molar-refractivity contribution is 7.98. The number of thioether (sulfide) groups is 1. The van der Waals surface area contributed by atoms with E-state index in [1.165, 1.54) is 41.3 Å². The van der Waals surface area contributed by atoms with Gasteiger partial charge >= 0.3 is 0 Å². The maximum Gasteiger partial charge on any atom is 0.262 e. The first-order valence-corrected chi connectivity index (χ1v) is 8.66. The molecule has 0 unspecified atom stereocenters. The van der Waals surface area contributed by atoms with Crippen molar-refractivity contribution >= 4 is 29.0 Å². The van der Waals surface area contributed by atoms with Gasteiger partial charge < -0.3 is 15.2 Å². The minimum absolute atomic E-state index is 0.0242. The summed E-state index contributed by atoms with van der Waals surface area (Å²) in [6.07, 6.45) is 1.03. The van der Waals surface area contributed by atoms with Gasteiger partial charge in [-0.05, 0) is 29.8 Å². The molecule has 0 fully saturated rings. The molecule has 22 heavy (non-hydrogen) atoms. The number of benzene rings is 1. The number of amides is 1. The summed E-state index contributed by atoms with van der Waals surface area (Å²) in [7, 11) is 0. The molecule has 1 aromatic heterocycles. The van der Waals surface area contributed by atoms with Crippen LogP contribution in [0.3, 0.4) is 0 Å². The minimum Gasteiger partial charge on any atom is -0.491 e. The van der Waals surface area contributed by atoms with Gasteiger partial charge in [0.1, 0.15) is 29.2 Å². The van der Waals surface area contributed by atoms with E-state index in [1.807, 2.05) is 17.7 Å². The third kappa shape index (κ3) is 4.72. The van der Waals surface area contributed by atoms with Crippen LogP contribution in [0, 0.1) is 5.82 Å². The van der Waals surface area contributed by atoms with Gasteiger partial charge in [-0.1, -0.05) is 6.07 Å². The van der Waals surface area contributed by atoms with E-state index < -0.39 is 11.9 Å². The predicted molar refractivity (Wildman–Crippen MR) is 86.3 cm³/mol. The Kier molecular flexibility index (Phi) is 6.23. The standard InChI is InChI=1S/C15H16FNO3S2/c1-21-13-5-6-22-14(13)15(19)17-8-11(18)9-20-12-4-2-3-10(16)7-12/h2-7,11,18H,8-9H2,1H3,(H,17,19)/t11-/m1/s1. The van der Waals surface area contributed by atoms with Crippen LogP contribution in [0.1, 0.15) is 9.67 Å². The second-order valence-corrected chi connectivity index (χ2v) is 6.21. The molecule has 4 nitrogen and oxygen atoms in total. The van der Waals surface area contributed by atoms with Gasteiger partial charge in [-0.25, -0.2) is 4.39 Å². The summed E-state index contributed by atoms with van der Waals surface area (Å²) in [4.78, 5) is 13.5. The molecule has 0 saturated carbocycles. The molecule has 1 heterocycles. The number of thiophene rings is 1. The second kappa shape index (κ2) is 8.17. The summed E-state index contributed by atoms with van der Waals surface area (Å²) in [6, 6.07) is 7.56. The van der Waals surface area contributed by atoms with Crippen molar-refractivity contribution in [2.45, 2.75) is 11.0 Å². The lowest BCUT2D eigenvalue weighted by Gasteiger charge is -2.13. The van der Waals surface area contributed by atoms with Crippen molar-refractivity contribution in [3.8, 4) is 5.75 Å². The first kappa shape index (κ1) is 16.8. The van der Waals surface area contributed by atoms with Crippen LogP contribution in [0.2, 0.25) is 0 Å². The number of nitrogens with one attached hydrogen (secondary N) is 1. The van der Waals surface area contributed by atoms with Crippen LogP contribution in [-0.2, 0) is 0 Å². The number of halogens is 1. The normalized spacial score (nSPS) is 12.0. The Hall–Kier alpha value is -1.57. The van der Waals surface area contributed by atoms with E-state index in [1.54, 1.807) is 6.07 Å². The van der Waals surface area contributed by atoms with Crippen molar-refractivity contribution in [1.82, 2.24) is 5.32 Å². The molecule has 0 saturated heterocycles. The number of carbonyl (C=O) groups is 1. The van der Waals surface area contributed by atoms with E-state index in [4.69, 9.17) is 4.74 Å². The molecular formula is C15H16FNO3S2. The molecule has 0 radical (unpaired) electrons. The summed E-state index contributed by atoms with van der Waals surface area (Å²) in [6.45, 7) is 0.0451. The third-order valence-electron chi connectivity index (χ3n) is 2.79. The second-order valence-electron chi connectivity index (χ2n) is 4.45. The first-order valence-electron chi connectivity index (χ1n) is 6.56. The average Bonchev–Trinajstić information content (AvgIpc) is 2.99. The van der Waals surface area contributed by atoms with Gasteiger partial charge in [-0.2, -0.15) is 0 Å². The molecule has 1 aromatic carbocycles. The largest absolute Gasteiger partial charge is 0.491 e. The lowest BCUT2D eigenvalue weighted by atomic mass is 10.3. The molecule has 0 bridgehead atoms. The molecule has 0 aliphatic carbocycles. The van der Waals surface area contributed by atoms with Crippen molar-refractivity contribution in [2.24, 2.45) is 0 Å². The number of rotatable bonds is 7. The number of aliphatic hydroxyl groups is 1. The zero-order valence-corrected chi connectivity index (χ0v) is 13.5. The zero-order chi connectivity index (χ0) is 15.9. The van der Waals surface area contributed by atoms with Crippen LogP contribution in [0.15, 0.2) is 40.6 Å². The summed E-state index contributed by atoms with van der Waals surface area (Å²) >= 11 is 2.86. The highest BCUT2D eigenvalue weighted by atomic mass is 32.2. The van der Waals surface area contributed by atoms with E-state index in [9.17, 15) is 14.3 Å². The van der Waals surface area contributed by atoms with E-state index >= 15 is 0 Å². The van der Waals surface area contributed by atoms with Crippen LogP contribution >= 0.6 is 23.1 Å². The molecule has 2 aromatic rings. The monoisotopic (exact) mass is 341 g/mol. The fourth-order valence-corrected chi connectivity index (χ4v) is 3.39. The van der Waals surface area contributed by atoms with Gasteiger partial charge in [0.2, 0.25) is 0 Å². The molecule has 118 valence electrons. The number of carbonyl (C=O) groups excluding carboxylic acids is 1. The Labute approximate surface area is 136 Å². The Morgan fingerprint density at radius 2 is 2.32 bits per heavy atom. The van der Waals surface area contributed by atoms with Crippen LogP contribution < -0.4 is 10.1 Å². The number of ether oxygens (including phenoxy) is 1. The van der Waals surface area contributed by atoms with Crippen molar-refractivity contribution in [3.05, 3.63) is 46.4 Å². The van der Waals surface area contributed by atoms with Gasteiger partial charge in [0.05, 0.1) is 0 Å². The predicted octanol–water partition coefficient (Wildman–Crippen LogP) is 2.78. The van der Waals surface area contributed by atoms with Gasteiger partial charge in [0.15, 0.2) is 0 Å². The van der Waals surface area contributed by atoms with Crippen molar-refractivity contribution in [3.63, 3.8) is 0 Å². The Bertz CT molecular complexity index is 633. The maximum absolute atomic E-state index is 13.0. The van der Waals surface area contributed by atoms with Crippen LogP contribution in [0.5, 0.6) is 5.75 Å². The van der Waals surface area contributed by atoms with E-state index in [0.717, 1.165) is 4.90 Å². The lowest BCUT2D eigenvalue weighted by Crippen LogP contribution is -2.35. The lowest BCUT2D eigenvalue weighted by molar-refractivity contribution is 0.0844. The molecule has 0 aliphatic rings. The molecule has 0 aliphatic heterocycles. The van der Waals surface area contributed by atoms with E-state index in [-0.39, 0.29) is 19.1 Å². The van der Waals surface area contributed by atoms with E-state index in [0.29, 0.717) is 10.6 Å². The third-order valence-corrected chi connectivity index (χ3v) is 4.61. The van der Waals surface area contributed by atoms with Crippen LogP contribution in [-0.4, -0.2) is 36.5 Å². The summed E-state index contributed by atoms with van der Waals surface area (Å²) in [5.41, 5.74) is 0. The van der Waals surface area contributed by atoms with Gasteiger partial charge in [-0.3, -0.25) is 4.79 Å². The SMILES string of the molecule is CSc1ccsc1C(=O)NC[C@@H](O)COc1cccc(F)c1. The topological polar surface area (TPSA) is 58.6 Å². The highest BCUT2D eigenvalue weighted by Crippen LogP contribution is 2.25.